The Morgan fingerprint density at radius 3 is 2.92 bits per heavy atom. The largest absolute Gasteiger partial charge is 0.345 e. The van der Waals surface area contributed by atoms with Crippen LogP contribution in [0.1, 0.15) is 35.4 Å². The van der Waals surface area contributed by atoms with Crippen molar-refractivity contribution in [2.45, 2.75) is 31.8 Å². The SMILES string of the molecule is Cl.Cn1cc(Cl)cc1C(=O)N(Cc1ccccn1)C1CCCNCC1. The lowest BCUT2D eigenvalue weighted by atomic mass is 10.1. The summed E-state index contributed by atoms with van der Waals surface area (Å²) in [4.78, 5) is 19.6. The van der Waals surface area contributed by atoms with Gasteiger partial charge in [0.25, 0.3) is 5.91 Å². The molecule has 1 fully saturated rings. The number of halogens is 2. The molecule has 1 atom stereocenters. The highest BCUT2D eigenvalue weighted by Crippen LogP contribution is 2.21. The monoisotopic (exact) mass is 382 g/mol. The van der Waals surface area contributed by atoms with Gasteiger partial charge in [-0.1, -0.05) is 17.7 Å². The zero-order valence-corrected chi connectivity index (χ0v) is 15.9. The molecule has 2 aromatic rings. The lowest BCUT2D eigenvalue weighted by Gasteiger charge is -2.31. The number of aryl methyl sites for hydroxylation is 1. The first-order chi connectivity index (χ1) is 11.6. The van der Waals surface area contributed by atoms with E-state index in [0.29, 0.717) is 17.3 Å². The Morgan fingerprint density at radius 2 is 2.24 bits per heavy atom. The lowest BCUT2D eigenvalue weighted by Crippen LogP contribution is -2.41. The number of hydrogen-bond donors (Lipinski definition) is 1. The van der Waals surface area contributed by atoms with Crippen LogP contribution in [0.15, 0.2) is 36.7 Å². The molecule has 0 saturated carbocycles. The summed E-state index contributed by atoms with van der Waals surface area (Å²) in [5, 5.41) is 3.99. The number of nitrogens with one attached hydrogen (secondary N) is 1. The molecular weight excluding hydrogens is 359 g/mol. The van der Waals surface area contributed by atoms with Crippen molar-refractivity contribution in [3.63, 3.8) is 0 Å². The number of rotatable bonds is 4. The molecule has 0 radical (unpaired) electrons. The average Bonchev–Trinajstić information content (AvgIpc) is 2.79. The normalized spacial score (nSPS) is 17.4. The van der Waals surface area contributed by atoms with E-state index in [2.05, 4.69) is 10.3 Å². The second-order valence-corrected chi connectivity index (χ2v) is 6.68. The van der Waals surface area contributed by atoms with Crippen LogP contribution in [0.4, 0.5) is 0 Å². The fourth-order valence-corrected chi connectivity index (χ4v) is 3.48. The first-order valence-electron chi connectivity index (χ1n) is 8.38. The quantitative estimate of drug-likeness (QED) is 0.882. The summed E-state index contributed by atoms with van der Waals surface area (Å²) < 4.78 is 1.80. The van der Waals surface area contributed by atoms with Gasteiger partial charge in [-0.25, -0.2) is 0 Å². The maximum Gasteiger partial charge on any atom is 0.271 e. The van der Waals surface area contributed by atoms with Crippen LogP contribution >= 0.6 is 24.0 Å². The molecule has 1 N–H and O–H groups in total. The van der Waals surface area contributed by atoms with Gasteiger partial charge in [-0.15, -0.1) is 12.4 Å². The van der Waals surface area contributed by atoms with Crippen molar-refractivity contribution in [2.75, 3.05) is 13.1 Å². The fraction of sp³-hybridized carbons (Fsp3) is 0.444. The van der Waals surface area contributed by atoms with Gasteiger partial charge in [0.05, 0.1) is 17.3 Å². The highest BCUT2D eigenvalue weighted by Gasteiger charge is 2.27. The minimum absolute atomic E-state index is 0. The molecule has 5 nitrogen and oxygen atoms in total. The second kappa shape index (κ2) is 9.22. The van der Waals surface area contributed by atoms with Gasteiger partial charge in [-0.3, -0.25) is 9.78 Å². The molecule has 1 amide bonds. The minimum atomic E-state index is 0. The number of amides is 1. The maximum absolute atomic E-state index is 13.2. The predicted molar refractivity (Wildman–Crippen MR) is 102 cm³/mol. The Bertz CT molecular complexity index is 682. The van der Waals surface area contributed by atoms with Gasteiger partial charge >= 0.3 is 0 Å². The number of hydrogen-bond acceptors (Lipinski definition) is 3. The number of pyridine rings is 1. The molecule has 2 aromatic heterocycles. The van der Waals surface area contributed by atoms with Crippen molar-refractivity contribution in [3.05, 3.63) is 53.1 Å². The van der Waals surface area contributed by atoms with Gasteiger partial charge in [0, 0.05) is 25.5 Å². The molecule has 0 bridgehead atoms. The first kappa shape index (κ1) is 19.8. The van der Waals surface area contributed by atoms with E-state index in [1.165, 1.54) is 0 Å². The Balaban J connectivity index is 0.00000225. The van der Waals surface area contributed by atoms with E-state index in [4.69, 9.17) is 11.6 Å². The van der Waals surface area contributed by atoms with Gasteiger partial charge in [0.15, 0.2) is 0 Å². The third-order valence-corrected chi connectivity index (χ3v) is 4.70. The van der Waals surface area contributed by atoms with Crippen LogP contribution < -0.4 is 5.32 Å². The van der Waals surface area contributed by atoms with Crippen molar-refractivity contribution >= 4 is 29.9 Å². The van der Waals surface area contributed by atoms with Crippen molar-refractivity contribution in [3.8, 4) is 0 Å². The van der Waals surface area contributed by atoms with E-state index >= 15 is 0 Å². The van der Waals surface area contributed by atoms with Gasteiger partial charge in [-0.05, 0) is 50.6 Å². The Morgan fingerprint density at radius 1 is 1.40 bits per heavy atom. The summed E-state index contributed by atoms with van der Waals surface area (Å²) in [6, 6.07) is 7.77. The fourth-order valence-electron chi connectivity index (χ4n) is 3.23. The molecule has 3 rings (SSSR count). The average molecular weight is 383 g/mol. The molecule has 7 heteroatoms. The molecule has 1 aliphatic heterocycles. The van der Waals surface area contributed by atoms with Crippen LogP contribution in [0.5, 0.6) is 0 Å². The first-order valence-corrected chi connectivity index (χ1v) is 8.76. The Labute approximate surface area is 159 Å². The van der Waals surface area contributed by atoms with Crippen molar-refractivity contribution in [2.24, 2.45) is 7.05 Å². The number of nitrogens with zero attached hydrogens (tertiary/aromatic N) is 3. The van der Waals surface area contributed by atoms with E-state index in [9.17, 15) is 4.79 Å². The van der Waals surface area contributed by atoms with Crippen LogP contribution in [-0.4, -0.2) is 39.5 Å². The molecule has 1 aliphatic rings. The summed E-state index contributed by atoms with van der Waals surface area (Å²) in [6.07, 6.45) is 6.57. The topological polar surface area (TPSA) is 50.2 Å². The Kier molecular flexibility index (Phi) is 7.29. The number of aromatic nitrogens is 2. The standard InChI is InChI=1S/C18H23ClN4O.ClH/c1-22-12-14(19)11-17(22)18(24)23(13-15-5-2-3-9-21-15)16-6-4-8-20-10-7-16;/h2-3,5,9,11-12,16,20H,4,6-8,10,13H2,1H3;1H. The third-order valence-electron chi connectivity index (χ3n) is 4.50. The van der Waals surface area contributed by atoms with Gasteiger partial charge in [0.2, 0.25) is 0 Å². The summed E-state index contributed by atoms with van der Waals surface area (Å²) >= 11 is 6.07. The molecule has 0 spiro atoms. The van der Waals surface area contributed by atoms with Gasteiger partial charge in [0.1, 0.15) is 5.69 Å². The highest BCUT2D eigenvalue weighted by atomic mass is 35.5. The van der Waals surface area contributed by atoms with E-state index in [1.54, 1.807) is 23.0 Å². The highest BCUT2D eigenvalue weighted by molar-refractivity contribution is 6.31. The molecule has 3 heterocycles. The molecule has 0 aromatic carbocycles. The van der Waals surface area contributed by atoms with Crippen LogP contribution in [0.25, 0.3) is 0 Å². The number of carbonyl (C=O) groups is 1. The van der Waals surface area contributed by atoms with E-state index in [1.807, 2.05) is 30.1 Å². The molecule has 0 aliphatic carbocycles. The van der Waals surface area contributed by atoms with Crippen LogP contribution in [-0.2, 0) is 13.6 Å². The third kappa shape index (κ3) is 4.97. The zero-order valence-electron chi connectivity index (χ0n) is 14.3. The van der Waals surface area contributed by atoms with Gasteiger partial charge < -0.3 is 14.8 Å². The number of carbonyl (C=O) groups excluding carboxylic acids is 1. The van der Waals surface area contributed by atoms with E-state index < -0.39 is 0 Å². The lowest BCUT2D eigenvalue weighted by molar-refractivity contribution is 0.0632. The summed E-state index contributed by atoms with van der Waals surface area (Å²) in [6.45, 7) is 2.47. The summed E-state index contributed by atoms with van der Waals surface area (Å²) in [5.74, 6) is 0.0157. The van der Waals surface area contributed by atoms with Crippen molar-refractivity contribution < 1.29 is 4.79 Å². The smallest absolute Gasteiger partial charge is 0.271 e. The minimum Gasteiger partial charge on any atom is -0.345 e. The molecule has 1 unspecified atom stereocenters. The van der Waals surface area contributed by atoms with Crippen LogP contribution in [0, 0.1) is 0 Å². The molecular formula is C18H24Cl2N4O. The van der Waals surface area contributed by atoms with Crippen LogP contribution in [0.2, 0.25) is 5.02 Å². The maximum atomic E-state index is 13.2. The summed E-state index contributed by atoms with van der Waals surface area (Å²) in [7, 11) is 1.85. The summed E-state index contributed by atoms with van der Waals surface area (Å²) in [5.41, 5.74) is 1.52. The van der Waals surface area contributed by atoms with E-state index in [-0.39, 0.29) is 24.4 Å². The van der Waals surface area contributed by atoms with Crippen LogP contribution in [0.3, 0.4) is 0 Å². The van der Waals surface area contributed by atoms with Crippen molar-refractivity contribution in [1.82, 2.24) is 19.8 Å². The van der Waals surface area contributed by atoms with Gasteiger partial charge in [-0.2, -0.15) is 0 Å². The van der Waals surface area contributed by atoms with E-state index in [0.717, 1.165) is 38.0 Å². The predicted octanol–water partition coefficient (Wildman–Crippen LogP) is 3.28. The molecule has 25 heavy (non-hydrogen) atoms. The second-order valence-electron chi connectivity index (χ2n) is 6.24. The Hall–Kier alpha value is -1.56. The van der Waals surface area contributed by atoms with Crippen molar-refractivity contribution in [1.29, 1.82) is 0 Å². The zero-order chi connectivity index (χ0) is 16.9. The molecule has 1 saturated heterocycles. The molecule has 136 valence electrons.